The Kier molecular flexibility index (Phi) is 11.1. The minimum atomic E-state index is 0. The summed E-state index contributed by atoms with van der Waals surface area (Å²) in [5.74, 6) is 1.87. The summed E-state index contributed by atoms with van der Waals surface area (Å²) >= 11 is 0. The van der Waals surface area contributed by atoms with Crippen molar-refractivity contribution in [1.82, 2.24) is 25.8 Å². The van der Waals surface area contributed by atoms with Gasteiger partial charge in [0.25, 0.3) is 0 Å². The smallest absolute Gasteiger partial charge is 0.234 e. The zero-order valence-electron chi connectivity index (χ0n) is 20.2. The highest BCUT2D eigenvalue weighted by atomic mass is 127. The average Bonchev–Trinajstić information content (AvgIpc) is 2.81. The van der Waals surface area contributed by atoms with E-state index in [1.54, 1.807) is 7.05 Å². The van der Waals surface area contributed by atoms with E-state index in [1.807, 2.05) is 31.1 Å². The van der Waals surface area contributed by atoms with Crippen LogP contribution < -0.4 is 20.9 Å². The van der Waals surface area contributed by atoms with Gasteiger partial charge >= 0.3 is 0 Å². The SMILES string of the molecule is CCCNC(=O)CN1CCC(NC(=NC)NCc2cc(N(C)C)nc3ccccc23)CC1.I. The summed E-state index contributed by atoms with van der Waals surface area (Å²) in [5, 5.41) is 11.1. The number of hydrogen-bond donors (Lipinski definition) is 3. The van der Waals surface area contributed by atoms with Gasteiger partial charge in [0, 0.05) is 58.8 Å². The molecule has 1 aromatic carbocycles. The lowest BCUT2D eigenvalue weighted by Crippen LogP contribution is -2.50. The van der Waals surface area contributed by atoms with Crippen molar-refractivity contribution in [2.45, 2.75) is 38.8 Å². The maximum absolute atomic E-state index is 11.9. The molecule has 1 aliphatic heterocycles. The highest BCUT2D eigenvalue weighted by Gasteiger charge is 2.21. The highest BCUT2D eigenvalue weighted by Crippen LogP contribution is 2.22. The lowest BCUT2D eigenvalue weighted by molar-refractivity contribution is -0.122. The van der Waals surface area contributed by atoms with E-state index >= 15 is 0 Å². The molecule has 3 rings (SSSR count). The Balaban J connectivity index is 0.00000385. The normalized spacial score (nSPS) is 15.1. The molecule has 0 spiro atoms. The molecule has 0 saturated carbocycles. The fraction of sp³-hybridized carbons (Fsp3) is 0.542. The first-order valence-electron chi connectivity index (χ1n) is 11.5. The molecule has 1 aromatic heterocycles. The average molecular weight is 568 g/mol. The number of benzene rings is 1. The molecule has 9 heteroatoms. The quantitative estimate of drug-likeness (QED) is 0.259. The van der Waals surface area contributed by atoms with Gasteiger partial charge < -0.3 is 20.9 Å². The topological polar surface area (TPSA) is 84.9 Å². The lowest BCUT2D eigenvalue weighted by atomic mass is 10.1. The number of fused-ring (bicyclic) bond motifs is 1. The summed E-state index contributed by atoms with van der Waals surface area (Å²) in [6.45, 7) is 5.80. The van der Waals surface area contributed by atoms with Crippen molar-refractivity contribution >= 4 is 52.6 Å². The highest BCUT2D eigenvalue weighted by molar-refractivity contribution is 14.0. The summed E-state index contributed by atoms with van der Waals surface area (Å²) in [6, 6.07) is 10.7. The number of para-hydroxylation sites is 1. The van der Waals surface area contributed by atoms with Crippen LogP contribution >= 0.6 is 24.0 Å². The number of guanidine groups is 1. The van der Waals surface area contributed by atoms with Crippen LogP contribution in [0.3, 0.4) is 0 Å². The fourth-order valence-corrected chi connectivity index (χ4v) is 3.93. The third kappa shape index (κ3) is 7.99. The number of halogens is 1. The number of aromatic nitrogens is 1. The molecule has 8 nitrogen and oxygen atoms in total. The molecule has 2 heterocycles. The zero-order valence-corrected chi connectivity index (χ0v) is 22.6. The zero-order chi connectivity index (χ0) is 22.9. The molecule has 0 radical (unpaired) electrons. The number of carbonyl (C=O) groups is 1. The van der Waals surface area contributed by atoms with Crippen LogP contribution in [-0.4, -0.2) is 75.1 Å². The van der Waals surface area contributed by atoms with E-state index in [0.717, 1.165) is 61.6 Å². The van der Waals surface area contributed by atoms with Crippen molar-refractivity contribution in [1.29, 1.82) is 0 Å². The number of pyridine rings is 1. The third-order valence-electron chi connectivity index (χ3n) is 5.78. The standard InChI is InChI=1S/C24H37N7O.HI/c1-5-12-26-23(32)17-31-13-10-19(11-14-31)28-24(25-2)27-16-18-15-22(30(3)4)29-21-9-7-6-8-20(18)21;/h6-9,15,19H,5,10-14,16-17H2,1-4H3,(H,26,32)(H2,25,27,28);1H. The first kappa shape index (κ1) is 27.1. The monoisotopic (exact) mass is 567 g/mol. The van der Waals surface area contributed by atoms with E-state index in [-0.39, 0.29) is 29.9 Å². The molecule has 0 atom stereocenters. The van der Waals surface area contributed by atoms with E-state index in [1.165, 1.54) is 5.56 Å². The Hall–Kier alpha value is -2.14. The maximum Gasteiger partial charge on any atom is 0.234 e. The van der Waals surface area contributed by atoms with Crippen molar-refractivity contribution in [2.24, 2.45) is 4.99 Å². The van der Waals surface area contributed by atoms with E-state index in [0.29, 0.717) is 19.1 Å². The molecule has 33 heavy (non-hydrogen) atoms. The number of hydrogen-bond acceptors (Lipinski definition) is 5. The Bertz CT molecular complexity index is 926. The van der Waals surface area contributed by atoms with Crippen LogP contribution in [0.25, 0.3) is 10.9 Å². The minimum Gasteiger partial charge on any atom is -0.363 e. The minimum absolute atomic E-state index is 0. The van der Waals surface area contributed by atoms with E-state index in [2.05, 4.69) is 51.0 Å². The first-order valence-corrected chi connectivity index (χ1v) is 11.5. The molecule has 0 bridgehead atoms. The predicted molar refractivity (Wildman–Crippen MR) is 148 cm³/mol. The Morgan fingerprint density at radius 3 is 2.61 bits per heavy atom. The largest absolute Gasteiger partial charge is 0.363 e. The van der Waals surface area contributed by atoms with Gasteiger partial charge in [0.15, 0.2) is 5.96 Å². The van der Waals surface area contributed by atoms with Gasteiger partial charge in [0.2, 0.25) is 5.91 Å². The number of nitrogens with zero attached hydrogens (tertiary/aromatic N) is 4. The molecule has 182 valence electrons. The number of rotatable bonds is 8. The number of anilines is 1. The predicted octanol–water partition coefficient (Wildman–Crippen LogP) is 2.57. The lowest BCUT2D eigenvalue weighted by Gasteiger charge is -2.32. The van der Waals surface area contributed by atoms with Gasteiger partial charge in [0.1, 0.15) is 5.82 Å². The molecular weight excluding hydrogens is 529 g/mol. The van der Waals surface area contributed by atoms with E-state index in [4.69, 9.17) is 4.98 Å². The number of nitrogens with one attached hydrogen (secondary N) is 3. The molecule has 3 N–H and O–H groups in total. The summed E-state index contributed by atoms with van der Waals surface area (Å²) in [4.78, 5) is 25.4. The second kappa shape index (κ2) is 13.5. The van der Waals surface area contributed by atoms with Crippen LogP contribution in [0.2, 0.25) is 0 Å². The second-order valence-corrected chi connectivity index (χ2v) is 8.52. The molecule has 0 aliphatic carbocycles. The van der Waals surface area contributed by atoms with Crippen molar-refractivity contribution in [3.63, 3.8) is 0 Å². The van der Waals surface area contributed by atoms with Gasteiger partial charge in [0.05, 0.1) is 12.1 Å². The third-order valence-corrected chi connectivity index (χ3v) is 5.78. The number of carbonyl (C=O) groups excluding carboxylic acids is 1. The van der Waals surface area contributed by atoms with Crippen LogP contribution in [0.4, 0.5) is 5.82 Å². The number of aliphatic imine (C=N–C) groups is 1. The van der Waals surface area contributed by atoms with Crippen molar-refractivity contribution < 1.29 is 4.79 Å². The Labute approximate surface area is 214 Å². The summed E-state index contributed by atoms with van der Waals surface area (Å²) < 4.78 is 0. The van der Waals surface area contributed by atoms with Gasteiger partial charge in [-0.25, -0.2) is 4.98 Å². The fourth-order valence-electron chi connectivity index (χ4n) is 3.93. The number of likely N-dealkylation sites (tertiary alicyclic amines) is 1. The van der Waals surface area contributed by atoms with Crippen molar-refractivity contribution in [2.75, 3.05) is 52.2 Å². The maximum atomic E-state index is 11.9. The van der Waals surface area contributed by atoms with Crippen LogP contribution in [0.5, 0.6) is 0 Å². The van der Waals surface area contributed by atoms with Crippen molar-refractivity contribution in [3.8, 4) is 0 Å². The van der Waals surface area contributed by atoms with Gasteiger partial charge in [-0.2, -0.15) is 0 Å². The molecular formula is C24H38IN7O. The molecule has 2 aromatic rings. The molecule has 1 fully saturated rings. The Morgan fingerprint density at radius 2 is 1.94 bits per heavy atom. The summed E-state index contributed by atoms with van der Waals surface area (Å²) in [7, 11) is 5.82. The van der Waals surface area contributed by atoms with E-state index in [9.17, 15) is 4.79 Å². The van der Waals surface area contributed by atoms with Crippen LogP contribution in [0.1, 0.15) is 31.7 Å². The summed E-state index contributed by atoms with van der Waals surface area (Å²) in [5.41, 5.74) is 2.18. The molecule has 0 unspecified atom stereocenters. The van der Waals surface area contributed by atoms with Crippen molar-refractivity contribution in [3.05, 3.63) is 35.9 Å². The second-order valence-electron chi connectivity index (χ2n) is 8.52. The number of amides is 1. The van der Waals surface area contributed by atoms with E-state index < -0.39 is 0 Å². The van der Waals surface area contributed by atoms with Gasteiger partial charge in [-0.1, -0.05) is 25.1 Å². The van der Waals surface area contributed by atoms with Crippen LogP contribution in [0, 0.1) is 0 Å². The van der Waals surface area contributed by atoms with Crippen LogP contribution in [0.15, 0.2) is 35.3 Å². The number of piperidine rings is 1. The molecule has 1 aliphatic rings. The Morgan fingerprint density at radius 1 is 1.21 bits per heavy atom. The molecule has 1 saturated heterocycles. The summed E-state index contributed by atoms with van der Waals surface area (Å²) in [6.07, 6.45) is 2.95. The molecule has 1 amide bonds. The van der Waals surface area contributed by atoms with Gasteiger partial charge in [-0.15, -0.1) is 24.0 Å². The van der Waals surface area contributed by atoms with Gasteiger partial charge in [-0.05, 0) is 37.0 Å². The van der Waals surface area contributed by atoms with Crippen LogP contribution in [-0.2, 0) is 11.3 Å². The van der Waals surface area contributed by atoms with Gasteiger partial charge in [-0.3, -0.25) is 14.7 Å². The first-order chi connectivity index (χ1) is 15.5.